The molecular formula is C13H21N3S. The first-order valence-corrected chi connectivity index (χ1v) is 7.55. The molecule has 1 fully saturated rings. The molecule has 2 aliphatic carbocycles. The molecule has 1 unspecified atom stereocenters. The number of anilines is 1. The quantitative estimate of drug-likeness (QED) is 0.879. The van der Waals surface area contributed by atoms with Gasteiger partial charge in [0.05, 0.1) is 5.69 Å². The van der Waals surface area contributed by atoms with Crippen LogP contribution in [0.25, 0.3) is 0 Å². The Morgan fingerprint density at radius 1 is 1.24 bits per heavy atom. The SMILES string of the molecule is CN(c1nc2c(s1)C(N)CCC2)C1CCCC1. The van der Waals surface area contributed by atoms with Gasteiger partial charge in [-0.05, 0) is 32.1 Å². The highest BCUT2D eigenvalue weighted by atomic mass is 32.1. The number of fused-ring (bicyclic) bond motifs is 1. The summed E-state index contributed by atoms with van der Waals surface area (Å²) in [5.74, 6) is 0. The fourth-order valence-corrected chi connectivity index (χ4v) is 4.22. The van der Waals surface area contributed by atoms with Crippen LogP contribution in [-0.4, -0.2) is 18.1 Å². The van der Waals surface area contributed by atoms with Gasteiger partial charge in [-0.2, -0.15) is 0 Å². The smallest absolute Gasteiger partial charge is 0.185 e. The summed E-state index contributed by atoms with van der Waals surface area (Å²) >= 11 is 1.83. The van der Waals surface area contributed by atoms with Gasteiger partial charge in [0.2, 0.25) is 0 Å². The number of hydrogen-bond acceptors (Lipinski definition) is 4. The van der Waals surface area contributed by atoms with E-state index >= 15 is 0 Å². The van der Waals surface area contributed by atoms with E-state index in [-0.39, 0.29) is 6.04 Å². The van der Waals surface area contributed by atoms with E-state index < -0.39 is 0 Å². The number of thiazole rings is 1. The topological polar surface area (TPSA) is 42.2 Å². The number of hydrogen-bond donors (Lipinski definition) is 1. The summed E-state index contributed by atoms with van der Waals surface area (Å²) in [5, 5.41) is 1.19. The average Bonchev–Trinajstić information content (AvgIpc) is 2.98. The van der Waals surface area contributed by atoms with Crippen molar-refractivity contribution in [2.45, 2.75) is 57.0 Å². The van der Waals surface area contributed by atoms with Gasteiger partial charge in [0.25, 0.3) is 0 Å². The number of rotatable bonds is 2. The predicted octanol–water partition coefficient (Wildman–Crippen LogP) is 2.86. The Hall–Kier alpha value is -0.610. The van der Waals surface area contributed by atoms with Crippen LogP contribution in [0.5, 0.6) is 0 Å². The van der Waals surface area contributed by atoms with Crippen LogP contribution >= 0.6 is 11.3 Å². The standard InChI is InChI=1S/C13H21N3S/c1-16(9-5-2-3-6-9)13-15-11-8-4-7-10(14)12(11)17-13/h9-10H,2-8,14H2,1H3. The summed E-state index contributed by atoms with van der Waals surface area (Å²) in [6.07, 6.45) is 8.85. The summed E-state index contributed by atoms with van der Waals surface area (Å²) < 4.78 is 0. The van der Waals surface area contributed by atoms with E-state index in [1.807, 2.05) is 11.3 Å². The lowest BCUT2D eigenvalue weighted by atomic mass is 9.99. The molecule has 3 nitrogen and oxygen atoms in total. The Morgan fingerprint density at radius 3 is 2.71 bits per heavy atom. The fourth-order valence-electron chi connectivity index (χ4n) is 3.04. The summed E-state index contributed by atoms with van der Waals surface area (Å²) in [6.45, 7) is 0. The lowest BCUT2D eigenvalue weighted by Crippen LogP contribution is -2.28. The molecule has 0 aromatic carbocycles. The van der Waals surface area contributed by atoms with Crippen LogP contribution in [0.1, 0.15) is 55.1 Å². The summed E-state index contributed by atoms with van der Waals surface area (Å²) in [7, 11) is 2.20. The summed E-state index contributed by atoms with van der Waals surface area (Å²) in [5.41, 5.74) is 7.44. The average molecular weight is 251 g/mol. The molecule has 1 heterocycles. The van der Waals surface area contributed by atoms with E-state index in [1.165, 1.54) is 47.8 Å². The summed E-state index contributed by atoms with van der Waals surface area (Å²) in [6, 6.07) is 0.945. The van der Waals surface area contributed by atoms with E-state index in [0.29, 0.717) is 6.04 Å². The molecule has 17 heavy (non-hydrogen) atoms. The van der Waals surface area contributed by atoms with E-state index in [9.17, 15) is 0 Å². The lowest BCUT2D eigenvalue weighted by molar-refractivity contribution is 0.572. The molecular weight excluding hydrogens is 230 g/mol. The number of nitrogens with zero attached hydrogens (tertiary/aromatic N) is 2. The minimum atomic E-state index is 0.238. The van der Waals surface area contributed by atoms with Crippen molar-refractivity contribution < 1.29 is 0 Å². The zero-order valence-electron chi connectivity index (χ0n) is 10.5. The van der Waals surface area contributed by atoms with Gasteiger partial charge >= 0.3 is 0 Å². The van der Waals surface area contributed by atoms with Gasteiger partial charge in [-0.3, -0.25) is 0 Å². The zero-order valence-corrected chi connectivity index (χ0v) is 11.3. The van der Waals surface area contributed by atoms with Gasteiger partial charge in [-0.1, -0.05) is 24.2 Å². The van der Waals surface area contributed by atoms with E-state index in [2.05, 4.69) is 11.9 Å². The zero-order chi connectivity index (χ0) is 11.8. The second kappa shape index (κ2) is 4.58. The van der Waals surface area contributed by atoms with Gasteiger partial charge in [-0.15, -0.1) is 0 Å². The molecule has 1 saturated carbocycles. The minimum Gasteiger partial charge on any atom is -0.348 e. The number of nitrogens with two attached hydrogens (primary N) is 1. The maximum Gasteiger partial charge on any atom is 0.185 e. The Labute approximate surface area is 107 Å². The van der Waals surface area contributed by atoms with Crippen molar-refractivity contribution in [3.63, 3.8) is 0 Å². The van der Waals surface area contributed by atoms with Crippen molar-refractivity contribution in [3.05, 3.63) is 10.6 Å². The van der Waals surface area contributed by atoms with Crippen LogP contribution in [0.15, 0.2) is 0 Å². The highest BCUT2D eigenvalue weighted by Gasteiger charge is 2.26. The minimum absolute atomic E-state index is 0.238. The normalized spacial score (nSPS) is 24.9. The van der Waals surface area contributed by atoms with Crippen molar-refractivity contribution in [2.75, 3.05) is 11.9 Å². The first-order valence-electron chi connectivity index (χ1n) is 6.73. The first-order chi connectivity index (χ1) is 8.25. The molecule has 0 aliphatic heterocycles. The monoisotopic (exact) mass is 251 g/mol. The van der Waals surface area contributed by atoms with E-state index in [1.54, 1.807) is 0 Å². The third-order valence-corrected chi connectivity index (χ3v) is 5.48. The Balaban J connectivity index is 1.83. The number of aromatic nitrogens is 1. The van der Waals surface area contributed by atoms with Crippen molar-refractivity contribution in [1.29, 1.82) is 0 Å². The molecule has 0 bridgehead atoms. The van der Waals surface area contributed by atoms with Crippen LogP contribution < -0.4 is 10.6 Å². The molecule has 1 aromatic rings. The van der Waals surface area contributed by atoms with E-state index in [4.69, 9.17) is 10.7 Å². The lowest BCUT2D eigenvalue weighted by Gasteiger charge is -2.23. The van der Waals surface area contributed by atoms with E-state index in [0.717, 1.165) is 12.8 Å². The molecule has 0 saturated heterocycles. The third-order valence-electron chi connectivity index (χ3n) is 4.16. The maximum atomic E-state index is 6.17. The summed E-state index contributed by atoms with van der Waals surface area (Å²) in [4.78, 5) is 8.55. The van der Waals surface area contributed by atoms with Gasteiger partial charge in [0.15, 0.2) is 5.13 Å². The second-order valence-corrected chi connectivity index (χ2v) is 6.36. The Morgan fingerprint density at radius 2 is 2.00 bits per heavy atom. The molecule has 2 aliphatic rings. The Bertz CT molecular complexity index is 395. The van der Waals surface area contributed by atoms with Crippen molar-refractivity contribution in [1.82, 2.24) is 4.98 Å². The molecule has 4 heteroatoms. The second-order valence-electron chi connectivity index (χ2n) is 5.36. The van der Waals surface area contributed by atoms with Crippen LogP contribution in [0.3, 0.4) is 0 Å². The molecule has 0 amide bonds. The van der Waals surface area contributed by atoms with Gasteiger partial charge in [0, 0.05) is 24.0 Å². The highest BCUT2D eigenvalue weighted by molar-refractivity contribution is 7.15. The molecule has 94 valence electrons. The van der Waals surface area contributed by atoms with Gasteiger partial charge in [0.1, 0.15) is 0 Å². The molecule has 0 radical (unpaired) electrons. The fraction of sp³-hybridized carbons (Fsp3) is 0.769. The maximum absolute atomic E-state index is 6.17. The van der Waals surface area contributed by atoms with Crippen molar-refractivity contribution in [3.8, 4) is 0 Å². The van der Waals surface area contributed by atoms with Gasteiger partial charge in [-0.25, -0.2) is 4.98 Å². The van der Waals surface area contributed by atoms with Crippen LogP contribution in [0.2, 0.25) is 0 Å². The third kappa shape index (κ3) is 2.08. The molecule has 3 rings (SSSR count). The largest absolute Gasteiger partial charge is 0.348 e. The molecule has 2 N–H and O–H groups in total. The highest BCUT2D eigenvalue weighted by Crippen LogP contribution is 2.37. The first kappa shape index (κ1) is 11.5. The molecule has 1 atom stereocenters. The Kier molecular flexibility index (Phi) is 3.09. The van der Waals surface area contributed by atoms with Gasteiger partial charge < -0.3 is 10.6 Å². The van der Waals surface area contributed by atoms with Crippen LogP contribution in [0, 0.1) is 0 Å². The van der Waals surface area contributed by atoms with Crippen molar-refractivity contribution in [2.24, 2.45) is 5.73 Å². The van der Waals surface area contributed by atoms with Crippen LogP contribution in [0.4, 0.5) is 5.13 Å². The molecule has 0 spiro atoms. The van der Waals surface area contributed by atoms with Crippen LogP contribution in [-0.2, 0) is 6.42 Å². The predicted molar refractivity (Wildman–Crippen MR) is 72.6 cm³/mol. The van der Waals surface area contributed by atoms with Crippen molar-refractivity contribution >= 4 is 16.5 Å². The number of aryl methyl sites for hydroxylation is 1. The molecule has 1 aromatic heterocycles.